The molecule has 1 atom stereocenters. The van der Waals surface area contributed by atoms with Gasteiger partial charge in [-0.25, -0.2) is 15.0 Å². The Morgan fingerprint density at radius 3 is 2.67 bits per heavy atom. The lowest BCUT2D eigenvalue weighted by atomic mass is 9.77. The normalized spacial score (nSPS) is 20.8. The highest BCUT2D eigenvalue weighted by Crippen LogP contribution is 2.43. The van der Waals surface area contributed by atoms with Crippen molar-refractivity contribution in [2.75, 3.05) is 30.3 Å². The molecule has 0 saturated carbocycles. The number of rotatable bonds is 4. The Morgan fingerprint density at radius 2 is 2.03 bits per heavy atom. The maximum Gasteiger partial charge on any atom is 0.153 e. The van der Waals surface area contributed by atoms with Crippen molar-refractivity contribution in [2.45, 2.75) is 55.7 Å². The van der Waals surface area contributed by atoms with Crippen LogP contribution in [-0.2, 0) is 11.3 Å². The monoisotopic (exact) mass is 469 g/mol. The molecule has 0 aromatic carbocycles. The van der Waals surface area contributed by atoms with Gasteiger partial charge in [0.2, 0.25) is 0 Å². The summed E-state index contributed by atoms with van der Waals surface area (Å²) in [6.45, 7) is 6.46. The molecule has 4 heterocycles. The van der Waals surface area contributed by atoms with Gasteiger partial charge < -0.3 is 20.5 Å². The van der Waals surface area contributed by atoms with E-state index in [9.17, 15) is 5.11 Å². The number of halogens is 2. The smallest absolute Gasteiger partial charge is 0.153 e. The lowest BCUT2D eigenvalue weighted by Gasteiger charge is -2.39. The Bertz CT molecular complexity index is 953. The van der Waals surface area contributed by atoms with E-state index in [1.807, 2.05) is 6.92 Å². The zero-order valence-corrected chi connectivity index (χ0v) is 19.3. The van der Waals surface area contributed by atoms with Crippen molar-refractivity contribution < 1.29 is 9.84 Å². The van der Waals surface area contributed by atoms with E-state index in [0.717, 1.165) is 50.5 Å². The maximum absolute atomic E-state index is 9.98. The van der Waals surface area contributed by atoms with Crippen LogP contribution in [0.4, 0.5) is 11.6 Å². The Hall–Kier alpha value is -1.32. The summed E-state index contributed by atoms with van der Waals surface area (Å²) >= 11 is 13.6. The first-order valence-corrected chi connectivity index (χ1v) is 11.5. The molecule has 7 nitrogen and oxygen atoms in total. The van der Waals surface area contributed by atoms with E-state index < -0.39 is 0 Å². The molecule has 0 unspecified atom stereocenters. The third-order valence-corrected chi connectivity index (χ3v) is 7.84. The summed E-state index contributed by atoms with van der Waals surface area (Å²) in [6.07, 6.45) is 3.57. The van der Waals surface area contributed by atoms with E-state index in [2.05, 4.69) is 21.8 Å². The summed E-state index contributed by atoms with van der Waals surface area (Å²) in [5.74, 6) is 1.03. The molecule has 3 N–H and O–H groups in total. The van der Waals surface area contributed by atoms with Crippen molar-refractivity contribution in [1.29, 1.82) is 0 Å². The van der Waals surface area contributed by atoms with Gasteiger partial charge in [-0.2, -0.15) is 0 Å². The van der Waals surface area contributed by atoms with E-state index in [0.29, 0.717) is 26.7 Å². The van der Waals surface area contributed by atoms with Crippen LogP contribution in [0.15, 0.2) is 16.0 Å². The van der Waals surface area contributed by atoms with Gasteiger partial charge in [-0.15, -0.1) is 0 Å². The molecule has 0 aliphatic carbocycles. The molecule has 2 aromatic rings. The SMILES string of the molecule is Cc1nc(N2CCC3(CC2)CO[C@@H](C)C3)c(CO)nc1Sc1cc(N)nc(Cl)c1Cl. The fourth-order valence-corrected chi connectivity index (χ4v) is 5.63. The van der Waals surface area contributed by atoms with E-state index >= 15 is 0 Å². The minimum Gasteiger partial charge on any atom is -0.390 e. The van der Waals surface area contributed by atoms with E-state index in [1.165, 1.54) is 11.8 Å². The number of aromatic nitrogens is 3. The van der Waals surface area contributed by atoms with Gasteiger partial charge in [-0.3, -0.25) is 0 Å². The Kier molecular flexibility index (Phi) is 6.33. The number of nitrogen functional groups attached to an aromatic ring is 1. The first-order valence-electron chi connectivity index (χ1n) is 9.94. The average Bonchev–Trinajstić information content (AvgIpc) is 3.07. The van der Waals surface area contributed by atoms with Crippen LogP contribution in [0.25, 0.3) is 0 Å². The summed E-state index contributed by atoms with van der Waals surface area (Å²) in [5, 5.41) is 11.1. The number of aryl methyl sites for hydroxylation is 1. The second kappa shape index (κ2) is 8.67. The van der Waals surface area contributed by atoms with Crippen LogP contribution < -0.4 is 10.6 Å². The molecule has 2 aliphatic rings. The number of nitrogens with two attached hydrogens (primary N) is 1. The number of nitrogens with zero attached hydrogens (tertiary/aromatic N) is 4. The quantitative estimate of drug-likeness (QED) is 0.645. The van der Waals surface area contributed by atoms with Gasteiger partial charge in [-0.1, -0.05) is 35.0 Å². The molecule has 2 aromatic heterocycles. The second-order valence-electron chi connectivity index (χ2n) is 8.11. The molecule has 0 radical (unpaired) electrons. The third kappa shape index (κ3) is 4.34. The van der Waals surface area contributed by atoms with Gasteiger partial charge >= 0.3 is 0 Å². The highest BCUT2D eigenvalue weighted by molar-refractivity contribution is 7.99. The molecular formula is C20H25Cl2N5O2S. The topological polar surface area (TPSA) is 97.4 Å². The Labute approximate surface area is 190 Å². The summed E-state index contributed by atoms with van der Waals surface area (Å²) < 4.78 is 5.83. The number of hydrogen-bond acceptors (Lipinski definition) is 8. The van der Waals surface area contributed by atoms with Gasteiger partial charge in [0.05, 0.1) is 30.0 Å². The zero-order valence-electron chi connectivity index (χ0n) is 17.0. The molecule has 10 heteroatoms. The van der Waals surface area contributed by atoms with Gasteiger partial charge in [0.25, 0.3) is 0 Å². The van der Waals surface area contributed by atoms with Crippen LogP contribution in [0.3, 0.4) is 0 Å². The molecule has 1 spiro atoms. The lowest BCUT2D eigenvalue weighted by Crippen LogP contribution is -2.41. The summed E-state index contributed by atoms with van der Waals surface area (Å²) in [5.41, 5.74) is 7.39. The number of pyridine rings is 1. The number of ether oxygens (including phenoxy) is 1. The van der Waals surface area contributed by atoms with Gasteiger partial charge in [-0.05, 0) is 44.6 Å². The molecule has 0 bridgehead atoms. The first kappa shape index (κ1) is 21.9. The highest BCUT2D eigenvalue weighted by atomic mass is 35.5. The predicted octanol–water partition coefficient (Wildman–Crippen LogP) is 4.11. The fraction of sp³-hybridized carbons (Fsp3) is 0.550. The van der Waals surface area contributed by atoms with Crippen LogP contribution in [0.1, 0.15) is 37.6 Å². The number of anilines is 2. The van der Waals surface area contributed by atoms with Gasteiger partial charge in [0.1, 0.15) is 16.5 Å². The molecule has 2 saturated heterocycles. The average molecular weight is 470 g/mol. The zero-order chi connectivity index (χ0) is 21.5. The van der Waals surface area contributed by atoms with E-state index in [1.54, 1.807) is 6.07 Å². The molecule has 2 fully saturated rings. The van der Waals surface area contributed by atoms with E-state index in [-0.39, 0.29) is 23.0 Å². The minimum atomic E-state index is -0.190. The van der Waals surface area contributed by atoms with Crippen molar-refractivity contribution in [2.24, 2.45) is 5.41 Å². The number of piperidine rings is 1. The number of aliphatic hydroxyl groups is 1. The summed E-state index contributed by atoms with van der Waals surface area (Å²) in [6, 6.07) is 1.65. The molecule has 4 rings (SSSR count). The fourth-order valence-electron chi connectivity index (χ4n) is 4.24. The molecular weight excluding hydrogens is 445 g/mol. The van der Waals surface area contributed by atoms with Crippen LogP contribution in [0.2, 0.25) is 10.2 Å². The third-order valence-electron chi connectivity index (χ3n) is 5.86. The van der Waals surface area contributed by atoms with Crippen molar-refractivity contribution in [3.63, 3.8) is 0 Å². The predicted molar refractivity (Wildman–Crippen MR) is 119 cm³/mol. The summed E-state index contributed by atoms with van der Waals surface area (Å²) in [7, 11) is 0. The summed E-state index contributed by atoms with van der Waals surface area (Å²) in [4.78, 5) is 16.3. The van der Waals surface area contributed by atoms with Crippen molar-refractivity contribution in [3.8, 4) is 0 Å². The van der Waals surface area contributed by atoms with Crippen LogP contribution in [-0.4, -0.2) is 45.9 Å². The van der Waals surface area contributed by atoms with Crippen molar-refractivity contribution in [3.05, 3.63) is 27.6 Å². The minimum absolute atomic E-state index is 0.149. The van der Waals surface area contributed by atoms with Crippen molar-refractivity contribution in [1.82, 2.24) is 15.0 Å². The van der Waals surface area contributed by atoms with Crippen molar-refractivity contribution >= 4 is 46.6 Å². The van der Waals surface area contributed by atoms with Gasteiger partial charge in [0.15, 0.2) is 11.0 Å². The van der Waals surface area contributed by atoms with Crippen LogP contribution in [0.5, 0.6) is 0 Å². The highest BCUT2D eigenvalue weighted by Gasteiger charge is 2.41. The standard InChI is InChI=1S/C20H25Cl2N5O2S/c1-11-8-20(10-29-11)3-5-27(6-4-20)18-13(9-28)25-19(12(2)24-18)30-14-7-15(23)26-17(22)16(14)21/h7,11,28H,3-6,8-10H2,1-2H3,(H2,23,26)/t11-/m0/s1. The van der Waals surface area contributed by atoms with Crippen LogP contribution >= 0.6 is 35.0 Å². The first-order chi connectivity index (χ1) is 14.3. The second-order valence-corrected chi connectivity index (χ2v) is 9.87. The molecule has 162 valence electrons. The number of hydrogen-bond donors (Lipinski definition) is 2. The lowest BCUT2D eigenvalue weighted by molar-refractivity contribution is 0.0975. The Morgan fingerprint density at radius 1 is 1.30 bits per heavy atom. The number of aliphatic hydroxyl groups excluding tert-OH is 1. The maximum atomic E-state index is 9.98. The molecule has 0 amide bonds. The molecule has 2 aliphatic heterocycles. The van der Waals surface area contributed by atoms with E-state index in [4.69, 9.17) is 38.7 Å². The largest absolute Gasteiger partial charge is 0.390 e. The van der Waals surface area contributed by atoms with Gasteiger partial charge in [0, 0.05) is 18.0 Å². The Balaban J connectivity index is 1.56. The van der Waals surface area contributed by atoms with Crippen LogP contribution in [0, 0.1) is 12.3 Å². The molecule has 30 heavy (non-hydrogen) atoms.